The molecular formula is C28H37N3O4. The fourth-order valence-electron chi connectivity index (χ4n) is 4.48. The monoisotopic (exact) mass is 479 g/mol. The molecule has 2 atom stereocenters. The minimum atomic E-state index is -0.385. The van der Waals surface area contributed by atoms with Gasteiger partial charge in [0.1, 0.15) is 5.75 Å². The minimum Gasteiger partial charge on any atom is -0.496 e. The predicted octanol–water partition coefficient (Wildman–Crippen LogP) is 4.69. The molecule has 35 heavy (non-hydrogen) atoms. The van der Waals surface area contributed by atoms with Crippen molar-refractivity contribution in [3.63, 3.8) is 0 Å². The molecule has 1 fully saturated rings. The van der Waals surface area contributed by atoms with Crippen molar-refractivity contribution in [3.8, 4) is 5.75 Å². The van der Waals surface area contributed by atoms with Gasteiger partial charge < -0.3 is 20.3 Å². The molecular weight excluding hydrogens is 442 g/mol. The smallest absolute Gasteiger partial charge is 0.226 e. The summed E-state index contributed by atoms with van der Waals surface area (Å²) in [5.41, 5.74) is 2.46. The number of anilines is 1. The number of nitrogens with zero attached hydrogens (tertiary/aromatic N) is 1. The Hall–Kier alpha value is -3.35. The topological polar surface area (TPSA) is 87.7 Å². The Morgan fingerprint density at radius 3 is 2.63 bits per heavy atom. The number of hydrogen-bond donors (Lipinski definition) is 2. The lowest BCUT2D eigenvalue weighted by Crippen LogP contribution is -2.48. The molecule has 0 bridgehead atoms. The van der Waals surface area contributed by atoms with Crippen LogP contribution in [0.5, 0.6) is 5.75 Å². The summed E-state index contributed by atoms with van der Waals surface area (Å²) in [5, 5.41) is 5.96. The van der Waals surface area contributed by atoms with Crippen LogP contribution in [-0.2, 0) is 20.9 Å². The van der Waals surface area contributed by atoms with Crippen molar-refractivity contribution in [2.45, 2.75) is 59.0 Å². The average molecular weight is 480 g/mol. The molecule has 188 valence electrons. The lowest BCUT2D eigenvalue weighted by Gasteiger charge is -2.41. The Kier molecular flexibility index (Phi) is 9.29. The highest BCUT2D eigenvalue weighted by Gasteiger charge is 2.41. The van der Waals surface area contributed by atoms with Crippen LogP contribution in [0.2, 0.25) is 0 Å². The third-order valence-corrected chi connectivity index (χ3v) is 6.44. The van der Waals surface area contributed by atoms with Crippen LogP contribution in [-0.4, -0.2) is 36.3 Å². The van der Waals surface area contributed by atoms with Crippen LogP contribution in [0.1, 0.15) is 63.6 Å². The maximum atomic E-state index is 13.5. The van der Waals surface area contributed by atoms with Crippen LogP contribution in [0.25, 0.3) is 0 Å². The molecule has 7 nitrogen and oxygen atoms in total. The first kappa shape index (κ1) is 26.3. The second-order valence-corrected chi connectivity index (χ2v) is 9.33. The van der Waals surface area contributed by atoms with E-state index in [-0.39, 0.29) is 35.6 Å². The van der Waals surface area contributed by atoms with E-state index in [9.17, 15) is 14.4 Å². The number of amides is 3. The number of likely N-dealkylation sites (tertiary alicyclic amines) is 1. The number of carbonyl (C=O) groups is 3. The average Bonchev–Trinajstić information content (AvgIpc) is 2.86. The summed E-state index contributed by atoms with van der Waals surface area (Å²) in [6.45, 7) is 6.72. The quantitative estimate of drug-likeness (QED) is 0.518. The van der Waals surface area contributed by atoms with Crippen molar-refractivity contribution >= 4 is 23.4 Å². The van der Waals surface area contributed by atoms with Crippen molar-refractivity contribution in [2.24, 2.45) is 11.8 Å². The van der Waals surface area contributed by atoms with Gasteiger partial charge in [0.25, 0.3) is 0 Å². The number of piperidine rings is 1. The molecule has 2 aromatic carbocycles. The van der Waals surface area contributed by atoms with E-state index in [4.69, 9.17) is 4.74 Å². The number of carbonyl (C=O) groups excluding carboxylic acids is 3. The third kappa shape index (κ3) is 6.62. The molecule has 1 heterocycles. The lowest BCUT2D eigenvalue weighted by molar-refractivity contribution is -0.143. The first-order valence-corrected chi connectivity index (χ1v) is 12.5. The number of para-hydroxylation sites is 1. The first-order valence-electron chi connectivity index (χ1n) is 12.5. The minimum absolute atomic E-state index is 0.0510. The van der Waals surface area contributed by atoms with Gasteiger partial charge in [-0.15, -0.1) is 0 Å². The number of nitrogens with one attached hydrogen (secondary N) is 2. The molecule has 1 saturated heterocycles. The molecule has 0 radical (unpaired) electrons. The Labute approximate surface area is 208 Å². The molecule has 0 saturated carbocycles. The Bertz CT molecular complexity index is 1040. The molecule has 1 aliphatic rings. The highest BCUT2D eigenvalue weighted by Crippen LogP contribution is 2.40. The summed E-state index contributed by atoms with van der Waals surface area (Å²) >= 11 is 0. The predicted molar refractivity (Wildman–Crippen MR) is 137 cm³/mol. The molecule has 2 aromatic rings. The van der Waals surface area contributed by atoms with Gasteiger partial charge in [0.15, 0.2) is 0 Å². The molecule has 7 heteroatoms. The van der Waals surface area contributed by atoms with Gasteiger partial charge in [-0.3, -0.25) is 14.4 Å². The van der Waals surface area contributed by atoms with E-state index >= 15 is 0 Å². The van der Waals surface area contributed by atoms with E-state index in [0.29, 0.717) is 37.4 Å². The summed E-state index contributed by atoms with van der Waals surface area (Å²) in [4.78, 5) is 40.3. The number of rotatable bonds is 10. The van der Waals surface area contributed by atoms with Crippen molar-refractivity contribution in [1.29, 1.82) is 0 Å². The highest BCUT2D eigenvalue weighted by atomic mass is 16.5. The maximum Gasteiger partial charge on any atom is 0.226 e. The fraction of sp³-hybridized carbons (Fsp3) is 0.464. The third-order valence-electron chi connectivity index (χ3n) is 6.44. The van der Waals surface area contributed by atoms with Gasteiger partial charge in [0, 0.05) is 36.7 Å². The summed E-state index contributed by atoms with van der Waals surface area (Å²) < 4.78 is 5.60. The molecule has 1 aliphatic heterocycles. The van der Waals surface area contributed by atoms with E-state index in [1.807, 2.05) is 67.3 Å². The molecule has 3 amide bonds. The summed E-state index contributed by atoms with van der Waals surface area (Å²) in [5.74, 6) is 0.114. The van der Waals surface area contributed by atoms with E-state index in [0.717, 1.165) is 24.0 Å². The molecule has 2 unspecified atom stereocenters. The van der Waals surface area contributed by atoms with E-state index in [2.05, 4.69) is 17.6 Å². The first-order chi connectivity index (χ1) is 16.8. The van der Waals surface area contributed by atoms with Gasteiger partial charge in [-0.05, 0) is 36.6 Å². The number of unbranched alkanes of at least 4 members (excludes halogenated alkanes) is 1. The maximum absolute atomic E-state index is 13.5. The van der Waals surface area contributed by atoms with Crippen molar-refractivity contribution in [2.75, 3.05) is 19.0 Å². The van der Waals surface area contributed by atoms with Gasteiger partial charge in [-0.2, -0.15) is 0 Å². The zero-order valence-electron chi connectivity index (χ0n) is 21.2. The fourth-order valence-corrected chi connectivity index (χ4v) is 4.48. The summed E-state index contributed by atoms with van der Waals surface area (Å²) in [7, 11) is 1.61. The molecule has 3 rings (SSSR count). The normalized spacial score (nSPS) is 17.9. The molecule has 0 aliphatic carbocycles. The zero-order valence-corrected chi connectivity index (χ0v) is 21.2. The number of hydrogen-bond acceptors (Lipinski definition) is 4. The summed E-state index contributed by atoms with van der Waals surface area (Å²) in [6.07, 6.45) is 2.67. The molecule has 0 spiro atoms. The highest BCUT2D eigenvalue weighted by molar-refractivity contribution is 5.92. The number of ether oxygens (including phenoxy) is 1. The Morgan fingerprint density at radius 1 is 1.14 bits per heavy atom. The van der Waals surface area contributed by atoms with Crippen LogP contribution in [0.15, 0.2) is 48.5 Å². The van der Waals surface area contributed by atoms with Crippen molar-refractivity contribution in [1.82, 2.24) is 10.2 Å². The van der Waals surface area contributed by atoms with Crippen molar-refractivity contribution in [3.05, 3.63) is 59.7 Å². The van der Waals surface area contributed by atoms with Gasteiger partial charge in [0.05, 0.1) is 19.1 Å². The van der Waals surface area contributed by atoms with E-state index in [1.54, 1.807) is 7.11 Å². The van der Waals surface area contributed by atoms with Gasteiger partial charge in [0.2, 0.25) is 17.7 Å². The van der Waals surface area contributed by atoms with Gasteiger partial charge >= 0.3 is 0 Å². The Morgan fingerprint density at radius 2 is 1.91 bits per heavy atom. The van der Waals surface area contributed by atoms with E-state index in [1.165, 1.54) is 0 Å². The van der Waals surface area contributed by atoms with Crippen LogP contribution in [0.3, 0.4) is 0 Å². The van der Waals surface area contributed by atoms with Crippen LogP contribution >= 0.6 is 0 Å². The SMILES string of the molecule is CCCCN1C(=O)CCC(C(=O)NCc2cccc(NC(=O)C(C)C)c2)C1c1ccccc1OC. The number of benzene rings is 2. The lowest BCUT2D eigenvalue weighted by atomic mass is 9.83. The number of methoxy groups -OCH3 is 1. The zero-order chi connectivity index (χ0) is 25.4. The molecule has 2 N–H and O–H groups in total. The van der Waals surface area contributed by atoms with E-state index < -0.39 is 0 Å². The Balaban J connectivity index is 1.80. The van der Waals surface area contributed by atoms with Gasteiger partial charge in [-0.25, -0.2) is 0 Å². The van der Waals surface area contributed by atoms with Crippen LogP contribution in [0.4, 0.5) is 5.69 Å². The largest absolute Gasteiger partial charge is 0.496 e. The van der Waals surface area contributed by atoms with Gasteiger partial charge in [-0.1, -0.05) is 57.5 Å². The standard InChI is InChI=1S/C28H37N3O4/c1-5-6-16-31-25(32)15-14-23(26(31)22-12-7-8-13-24(22)35-4)28(34)29-18-20-10-9-11-21(17-20)30-27(33)19(2)3/h7-13,17,19,23,26H,5-6,14-16,18H2,1-4H3,(H,29,34)(H,30,33). The van der Waals surface area contributed by atoms with Crippen molar-refractivity contribution < 1.29 is 19.1 Å². The van der Waals surface area contributed by atoms with Crippen LogP contribution < -0.4 is 15.4 Å². The second kappa shape index (κ2) is 12.4. The summed E-state index contributed by atoms with van der Waals surface area (Å²) in [6, 6.07) is 14.7. The van der Waals surface area contributed by atoms with Crippen LogP contribution in [0, 0.1) is 11.8 Å². The molecule has 0 aromatic heterocycles. The second-order valence-electron chi connectivity index (χ2n) is 9.33.